The highest BCUT2D eigenvalue weighted by Gasteiger charge is 2.17. The van der Waals surface area contributed by atoms with Crippen LogP contribution in [0, 0.1) is 6.92 Å². The van der Waals surface area contributed by atoms with Crippen LogP contribution in [0.4, 0.5) is 0 Å². The zero-order valence-corrected chi connectivity index (χ0v) is 15.1. The Balaban J connectivity index is 1.71. The molecule has 0 N–H and O–H groups in total. The molecule has 2 heterocycles. The first-order valence-electron chi connectivity index (χ1n) is 7.39. The van der Waals surface area contributed by atoms with Crippen LogP contribution in [0.15, 0.2) is 40.5 Å². The molecule has 0 aliphatic carbocycles. The third-order valence-electron chi connectivity index (χ3n) is 3.39. The molecule has 24 heavy (non-hydrogen) atoms. The highest BCUT2D eigenvalue weighted by atomic mass is 32.1. The summed E-state index contributed by atoms with van der Waals surface area (Å²) in [5.74, 6) is 0.478. The molecule has 3 aromatic rings. The molecular weight excluding hydrogens is 342 g/mol. The van der Waals surface area contributed by atoms with Crippen LogP contribution in [0.5, 0.6) is 5.75 Å². The Morgan fingerprint density at radius 1 is 1.25 bits per heavy atom. The summed E-state index contributed by atoms with van der Waals surface area (Å²) in [6, 6.07) is 7.28. The van der Waals surface area contributed by atoms with Crippen LogP contribution in [0.2, 0.25) is 0 Å². The number of aromatic nitrogens is 2. The van der Waals surface area contributed by atoms with Crippen LogP contribution in [0.1, 0.15) is 26.8 Å². The molecule has 1 amide bonds. The molecule has 3 rings (SSSR count). The van der Waals surface area contributed by atoms with Crippen LogP contribution in [0.25, 0.3) is 0 Å². The number of carbonyl (C=O) groups is 1. The van der Waals surface area contributed by atoms with Gasteiger partial charge in [0.1, 0.15) is 12.4 Å². The van der Waals surface area contributed by atoms with Gasteiger partial charge in [0, 0.05) is 17.8 Å². The molecule has 0 aliphatic heterocycles. The summed E-state index contributed by atoms with van der Waals surface area (Å²) in [4.78, 5) is 23.0. The first-order valence-corrected chi connectivity index (χ1v) is 9.21. The Labute approximate surface area is 148 Å². The average Bonchev–Trinajstić information content (AvgIpc) is 3.24. The number of rotatable bonds is 6. The molecule has 0 atom stereocenters. The molecule has 0 saturated carbocycles. The van der Waals surface area contributed by atoms with Gasteiger partial charge in [-0.2, -0.15) is 0 Å². The van der Waals surface area contributed by atoms with Crippen molar-refractivity contribution in [2.75, 3.05) is 7.05 Å². The maximum absolute atomic E-state index is 12.7. The molecule has 2 aromatic heterocycles. The lowest BCUT2D eigenvalue weighted by molar-refractivity contribution is 0.0778. The summed E-state index contributed by atoms with van der Waals surface area (Å²) < 4.78 is 5.79. The van der Waals surface area contributed by atoms with Crippen molar-refractivity contribution in [1.29, 1.82) is 0 Å². The van der Waals surface area contributed by atoms with E-state index in [9.17, 15) is 4.79 Å². The second-order valence-electron chi connectivity index (χ2n) is 5.28. The van der Waals surface area contributed by atoms with Crippen molar-refractivity contribution in [2.45, 2.75) is 20.1 Å². The number of benzene rings is 1. The lowest BCUT2D eigenvalue weighted by Crippen LogP contribution is -2.26. The van der Waals surface area contributed by atoms with E-state index in [0.29, 0.717) is 24.5 Å². The zero-order chi connectivity index (χ0) is 16.9. The fraction of sp³-hybridized carbons (Fsp3) is 0.235. The Morgan fingerprint density at radius 2 is 2.08 bits per heavy atom. The quantitative estimate of drug-likeness (QED) is 0.672. The summed E-state index contributed by atoms with van der Waals surface area (Å²) in [5.41, 5.74) is 4.06. The predicted octanol–water partition coefficient (Wildman–Crippen LogP) is 3.76. The Kier molecular flexibility index (Phi) is 5.22. The van der Waals surface area contributed by atoms with Gasteiger partial charge in [-0.1, -0.05) is 12.1 Å². The van der Waals surface area contributed by atoms with Gasteiger partial charge in [0.2, 0.25) is 0 Å². The summed E-state index contributed by atoms with van der Waals surface area (Å²) in [5, 5.41) is 4.91. The van der Waals surface area contributed by atoms with Crippen LogP contribution >= 0.6 is 22.7 Å². The number of nitrogens with zero attached hydrogens (tertiary/aromatic N) is 3. The number of amides is 1. The lowest BCUT2D eigenvalue weighted by atomic mass is 10.1. The number of hydrogen-bond donors (Lipinski definition) is 0. The third kappa shape index (κ3) is 3.98. The van der Waals surface area contributed by atoms with Crippen molar-refractivity contribution in [3.8, 4) is 5.75 Å². The third-order valence-corrected chi connectivity index (χ3v) is 4.85. The highest BCUT2D eigenvalue weighted by molar-refractivity contribution is 7.09. The molecule has 1 aromatic carbocycles. The van der Waals surface area contributed by atoms with E-state index in [1.165, 1.54) is 11.3 Å². The average molecular weight is 359 g/mol. The van der Waals surface area contributed by atoms with Gasteiger partial charge in [0.15, 0.2) is 0 Å². The number of thiazole rings is 2. The van der Waals surface area contributed by atoms with Crippen LogP contribution in [-0.2, 0) is 13.2 Å². The molecule has 0 aliphatic rings. The molecular formula is C17H17N3O2S2. The predicted molar refractivity (Wildman–Crippen MR) is 95.5 cm³/mol. The van der Waals surface area contributed by atoms with Crippen molar-refractivity contribution in [2.24, 2.45) is 0 Å². The minimum Gasteiger partial charge on any atom is -0.486 e. The van der Waals surface area contributed by atoms with Gasteiger partial charge >= 0.3 is 0 Å². The minimum absolute atomic E-state index is 0.0884. The number of carbonyl (C=O) groups excluding carboxylic acids is 1. The molecule has 0 radical (unpaired) electrons. The van der Waals surface area contributed by atoms with Crippen molar-refractivity contribution in [3.05, 3.63) is 62.5 Å². The number of hydrogen-bond acceptors (Lipinski definition) is 6. The van der Waals surface area contributed by atoms with Crippen LogP contribution in [0.3, 0.4) is 0 Å². The van der Waals surface area contributed by atoms with Crippen LogP contribution in [-0.4, -0.2) is 27.8 Å². The van der Waals surface area contributed by atoms with E-state index in [1.807, 2.05) is 29.8 Å². The molecule has 0 saturated heterocycles. The highest BCUT2D eigenvalue weighted by Crippen LogP contribution is 2.22. The van der Waals surface area contributed by atoms with Gasteiger partial charge < -0.3 is 9.64 Å². The standard InChI is InChI=1S/C17H17N3O2S2/c1-12-19-13(10-24-12)7-20(2)17(21)15-5-3-4-6-16(15)22-8-14-9-23-11-18-14/h3-6,9-11H,7-8H2,1-2H3. The molecule has 0 spiro atoms. The summed E-state index contributed by atoms with van der Waals surface area (Å²) in [6.45, 7) is 2.78. The second-order valence-corrected chi connectivity index (χ2v) is 7.06. The number of para-hydroxylation sites is 1. The van der Waals surface area contributed by atoms with E-state index >= 15 is 0 Å². The van der Waals surface area contributed by atoms with E-state index in [2.05, 4.69) is 9.97 Å². The monoisotopic (exact) mass is 359 g/mol. The van der Waals surface area contributed by atoms with E-state index in [1.54, 1.807) is 40.9 Å². The summed E-state index contributed by atoms with van der Waals surface area (Å²) in [6.07, 6.45) is 0. The normalized spacial score (nSPS) is 10.6. The molecule has 0 bridgehead atoms. The minimum atomic E-state index is -0.0884. The van der Waals surface area contributed by atoms with Gasteiger partial charge in [0.25, 0.3) is 5.91 Å². The maximum atomic E-state index is 12.7. The smallest absolute Gasteiger partial charge is 0.257 e. The molecule has 0 fully saturated rings. The molecule has 124 valence electrons. The van der Waals surface area contributed by atoms with E-state index in [-0.39, 0.29) is 5.91 Å². The summed E-state index contributed by atoms with van der Waals surface area (Å²) >= 11 is 3.11. The molecule has 7 heteroatoms. The Bertz CT molecular complexity index is 815. The Morgan fingerprint density at radius 3 is 2.79 bits per heavy atom. The Hall–Kier alpha value is -2.25. The maximum Gasteiger partial charge on any atom is 0.257 e. The van der Waals surface area contributed by atoms with E-state index in [4.69, 9.17) is 4.74 Å². The van der Waals surface area contributed by atoms with Crippen molar-refractivity contribution in [1.82, 2.24) is 14.9 Å². The van der Waals surface area contributed by atoms with Crippen molar-refractivity contribution < 1.29 is 9.53 Å². The fourth-order valence-corrected chi connectivity index (χ4v) is 3.38. The molecule has 5 nitrogen and oxygen atoms in total. The summed E-state index contributed by atoms with van der Waals surface area (Å²) in [7, 11) is 1.77. The van der Waals surface area contributed by atoms with E-state index < -0.39 is 0 Å². The first kappa shape index (κ1) is 16.6. The lowest BCUT2D eigenvalue weighted by Gasteiger charge is -2.18. The molecule has 0 unspecified atom stereocenters. The van der Waals surface area contributed by atoms with Crippen LogP contribution < -0.4 is 4.74 Å². The zero-order valence-electron chi connectivity index (χ0n) is 13.4. The SMILES string of the molecule is Cc1nc(CN(C)C(=O)c2ccccc2OCc2cscn2)cs1. The van der Waals surface area contributed by atoms with Gasteiger partial charge in [-0.25, -0.2) is 9.97 Å². The number of aryl methyl sites for hydroxylation is 1. The fourth-order valence-electron chi connectivity index (χ4n) is 2.23. The van der Waals surface area contributed by atoms with Gasteiger partial charge in [-0.15, -0.1) is 22.7 Å². The van der Waals surface area contributed by atoms with Gasteiger partial charge in [-0.3, -0.25) is 4.79 Å². The largest absolute Gasteiger partial charge is 0.486 e. The number of ether oxygens (including phenoxy) is 1. The van der Waals surface area contributed by atoms with Gasteiger partial charge in [0.05, 0.1) is 34.0 Å². The van der Waals surface area contributed by atoms with E-state index in [0.717, 1.165) is 16.4 Å². The topological polar surface area (TPSA) is 55.3 Å². The van der Waals surface area contributed by atoms with Crippen molar-refractivity contribution >= 4 is 28.6 Å². The second kappa shape index (κ2) is 7.55. The first-order chi connectivity index (χ1) is 11.6. The van der Waals surface area contributed by atoms with Crippen molar-refractivity contribution in [3.63, 3.8) is 0 Å². The van der Waals surface area contributed by atoms with Gasteiger partial charge in [-0.05, 0) is 19.1 Å².